The van der Waals surface area contributed by atoms with Crippen LogP contribution in [0.5, 0.6) is 5.75 Å². The number of alkyl halides is 1. The maximum atomic E-state index is 11.7. The van der Waals surface area contributed by atoms with Crippen molar-refractivity contribution >= 4 is 33.5 Å². The molecule has 124 valence electrons. The molecule has 0 fully saturated rings. The third-order valence-electron chi connectivity index (χ3n) is 3.53. The number of carbonyl (C=O) groups excluding carboxylic acids is 1. The number of hydrogen-bond acceptors (Lipinski definition) is 2. The predicted octanol–water partition coefficient (Wildman–Crippen LogP) is 6.54. The summed E-state index contributed by atoms with van der Waals surface area (Å²) in [5, 5.41) is 0.644. The van der Waals surface area contributed by atoms with E-state index in [4.69, 9.17) is 16.3 Å². The Morgan fingerprint density at radius 3 is 2.18 bits per heavy atom. The first-order chi connectivity index (χ1) is 10.6. The predicted molar refractivity (Wildman–Crippen MR) is 97.0 cm³/mol. The van der Waals surface area contributed by atoms with Gasteiger partial charge in [-0.25, -0.2) is 0 Å². The lowest BCUT2D eigenvalue weighted by molar-refractivity contribution is -0.134. The lowest BCUT2D eigenvalue weighted by Gasteiger charge is -2.05. The lowest BCUT2D eigenvalue weighted by atomic mass is 10.1. The van der Waals surface area contributed by atoms with Crippen LogP contribution in [0.2, 0.25) is 5.02 Å². The van der Waals surface area contributed by atoms with Gasteiger partial charge < -0.3 is 4.74 Å². The van der Waals surface area contributed by atoms with E-state index >= 15 is 0 Å². The minimum atomic E-state index is -0.159. The van der Waals surface area contributed by atoms with Gasteiger partial charge in [-0.05, 0) is 37.1 Å². The molecule has 0 N–H and O–H groups in total. The highest BCUT2D eigenvalue weighted by Crippen LogP contribution is 2.17. The molecule has 1 rings (SSSR count). The number of ether oxygens (including phenoxy) is 1. The van der Waals surface area contributed by atoms with Gasteiger partial charge >= 0.3 is 5.97 Å². The average molecular weight is 390 g/mol. The Hall–Kier alpha value is -0.540. The number of halogens is 2. The fourth-order valence-electron chi connectivity index (χ4n) is 2.26. The summed E-state index contributed by atoms with van der Waals surface area (Å²) in [6.45, 7) is 2.20. The Bertz CT molecular complexity index is 418. The van der Waals surface area contributed by atoms with E-state index in [1.54, 1.807) is 24.3 Å². The highest BCUT2D eigenvalue weighted by Gasteiger charge is 2.04. The standard InChI is InChI=1S/C18H26BrClO2/c1-15(19)9-7-5-3-2-4-6-8-10-18(21)22-17-13-11-16(20)12-14-17/h11-15H,2-10H2,1H3. The second kappa shape index (κ2) is 12.0. The molecule has 0 heterocycles. The van der Waals surface area contributed by atoms with Crippen molar-refractivity contribution in [3.05, 3.63) is 29.3 Å². The Morgan fingerprint density at radius 1 is 1.05 bits per heavy atom. The number of hydrogen-bond donors (Lipinski definition) is 0. The Balaban J connectivity index is 1.96. The molecule has 0 radical (unpaired) electrons. The van der Waals surface area contributed by atoms with Gasteiger partial charge in [-0.1, -0.05) is 73.0 Å². The van der Waals surface area contributed by atoms with Crippen LogP contribution >= 0.6 is 27.5 Å². The third kappa shape index (κ3) is 10.2. The quantitative estimate of drug-likeness (QED) is 0.186. The highest BCUT2D eigenvalue weighted by molar-refractivity contribution is 9.09. The topological polar surface area (TPSA) is 26.3 Å². The van der Waals surface area contributed by atoms with Crippen molar-refractivity contribution in [2.75, 3.05) is 0 Å². The second-order valence-electron chi connectivity index (χ2n) is 5.72. The van der Waals surface area contributed by atoms with Crippen LogP contribution < -0.4 is 4.74 Å². The molecule has 0 bridgehead atoms. The number of benzene rings is 1. The fourth-order valence-corrected chi connectivity index (χ4v) is 2.71. The molecule has 0 aliphatic heterocycles. The second-order valence-corrected chi connectivity index (χ2v) is 7.72. The summed E-state index contributed by atoms with van der Waals surface area (Å²) >= 11 is 9.35. The van der Waals surface area contributed by atoms with Crippen LogP contribution in [0.4, 0.5) is 0 Å². The van der Waals surface area contributed by atoms with Gasteiger partial charge in [-0.2, -0.15) is 0 Å². The van der Waals surface area contributed by atoms with E-state index < -0.39 is 0 Å². The van der Waals surface area contributed by atoms with Crippen LogP contribution in [0, 0.1) is 0 Å². The summed E-state index contributed by atoms with van der Waals surface area (Å²) in [5.41, 5.74) is 0. The van der Waals surface area contributed by atoms with Gasteiger partial charge in [0.1, 0.15) is 5.75 Å². The zero-order valence-electron chi connectivity index (χ0n) is 13.3. The molecule has 0 aliphatic carbocycles. The minimum absolute atomic E-state index is 0.159. The van der Waals surface area contributed by atoms with Gasteiger partial charge in [-0.15, -0.1) is 0 Å². The van der Waals surface area contributed by atoms with Crippen LogP contribution in [0.3, 0.4) is 0 Å². The fraction of sp³-hybridized carbons (Fsp3) is 0.611. The molecule has 0 spiro atoms. The molecule has 2 nitrogen and oxygen atoms in total. The lowest BCUT2D eigenvalue weighted by Crippen LogP contribution is -2.07. The maximum Gasteiger partial charge on any atom is 0.311 e. The van der Waals surface area contributed by atoms with Crippen molar-refractivity contribution in [2.24, 2.45) is 0 Å². The number of carbonyl (C=O) groups is 1. The smallest absolute Gasteiger partial charge is 0.311 e. The molecule has 1 aromatic carbocycles. The molecule has 0 aliphatic rings. The van der Waals surface area contributed by atoms with Crippen LogP contribution in [-0.2, 0) is 4.79 Å². The average Bonchev–Trinajstić information content (AvgIpc) is 2.47. The van der Waals surface area contributed by atoms with E-state index in [9.17, 15) is 4.79 Å². The van der Waals surface area contributed by atoms with E-state index in [0.29, 0.717) is 22.0 Å². The molecule has 1 aromatic rings. The van der Waals surface area contributed by atoms with Crippen molar-refractivity contribution in [1.29, 1.82) is 0 Å². The summed E-state index contributed by atoms with van der Waals surface area (Å²) in [4.78, 5) is 12.3. The molecule has 0 aromatic heterocycles. The Labute approximate surface area is 147 Å². The summed E-state index contributed by atoms with van der Waals surface area (Å²) in [6, 6.07) is 6.88. The molecular formula is C18H26BrClO2. The molecule has 0 amide bonds. The van der Waals surface area contributed by atoms with Gasteiger partial charge in [0, 0.05) is 16.3 Å². The van der Waals surface area contributed by atoms with Crippen LogP contribution in [-0.4, -0.2) is 10.8 Å². The number of unbranched alkanes of at least 4 members (excludes halogenated alkanes) is 6. The van der Waals surface area contributed by atoms with Gasteiger partial charge in [0.15, 0.2) is 0 Å². The van der Waals surface area contributed by atoms with E-state index in [1.165, 1.54) is 38.5 Å². The van der Waals surface area contributed by atoms with Gasteiger partial charge in [0.2, 0.25) is 0 Å². The number of rotatable bonds is 11. The van der Waals surface area contributed by atoms with Crippen LogP contribution in [0.25, 0.3) is 0 Å². The summed E-state index contributed by atoms with van der Waals surface area (Å²) in [5.74, 6) is 0.407. The summed E-state index contributed by atoms with van der Waals surface area (Å²) < 4.78 is 5.25. The first-order valence-corrected chi connectivity index (χ1v) is 9.47. The Morgan fingerprint density at radius 2 is 1.59 bits per heavy atom. The van der Waals surface area contributed by atoms with Crippen LogP contribution in [0.1, 0.15) is 64.7 Å². The zero-order valence-corrected chi connectivity index (χ0v) is 15.7. The molecule has 0 saturated carbocycles. The van der Waals surface area contributed by atoms with Crippen LogP contribution in [0.15, 0.2) is 24.3 Å². The summed E-state index contributed by atoms with van der Waals surface area (Å²) in [6.07, 6.45) is 10.2. The largest absolute Gasteiger partial charge is 0.427 e. The van der Waals surface area contributed by atoms with Crippen molar-refractivity contribution in [2.45, 2.75) is 69.5 Å². The minimum Gasteiger partial charge on any atom is -0.427 e. The van der Waals surface area contributed by atoms with E-state index in [-0.39, 0.29) is 5.97 Å². The maximum absolute atomic E-state index is 11.7. The monoisotopic (exact) mass is 388 g/mol. The third-order valence-corrected chi connectivity index (χ3v) is 4.24. The van der Waals surface area contributed by atoms with E-state index in [2.05, 4.69) is 22.9 Å². The molecule has 0 saturated heterocycles. The molecule has 1 atom stereocenters. The van der Waals surface area contributed by atoms with Gasteiger partial charge in [0.05, 0.1) is 0 Å². The van der Waals surface area contributed by atoms with Crippen molar-refractivity contribution in [3.8, 4) is 5.75 Å². The zero-order chi connectivity index (χ0) is 16.2. The van der Waals surface area contributed by atoms with Gasteiger partial charge in [-0.3, -0.25) is 4.79 Å². The van der Waals surface area contributed by atoms with E-state index in [0.717, 1.165) is 12.8 Å². The van der Waals surface area contributed by atoms with Gasteiger partial charge in [0.25, 0.3) is 0 Å². The molecular weight excluding hydrogens is 364 g/mol. The van der Waals surface area contributed by atoms with Crippen molar-refractivity contribution in [1.82, 2.24) is 0 Å². The Kier molecular flexibility index (Phi) is 10.6. The SMILES string of the molecule is CC(Br)CCCCCCCCCC(=O)Oc1ccc(Cl)cc1. The molecule has 22 heavy (non-hydrogen) atoms. The molecule has 4 heteroatoms. The van der Waals surface area contributed by atoms with Crippen molar-refractivity contribution in [3.63, 3.8) is 0 Å². The first-order valence-electron chi connectivity index (χ1n) is 8.18. The summed E-state index contributed by atoms with van der Waals surface area (Å²) in [7, 11) is 0. The normalized spacial score (nSPS) is 12.1. The molecule has 1 unspecified atom stereocenters. The highest BCUT2D eigenvalue weighted by atomic mass is 79.9. The van der Waals surface area contributed by atoms with Crippen molar-refractivity contribution < 1.29 is 9.53 Å². The number of esters is 1. The van der Waals surface area contributed by atoms with E-state index in [1.807, 2.05) is 0 Å². The first kappa shape index (κ1) is 19.5.